The van der Waals surface area contributed by atoms with E-state index in [9.17, 15) is 4.79 Å². The van der Waals surface area contributed by atoms with Crippen LogP contribution >= 0.6 is 10.0 Å². The number of benzene rings is 1. The van der Waals surface area contributed by atoms with E-state index in [1.807, 2.05) is 18.2 Å². The summed E-state index contributed by atoms with van der Waals surface area (Å²) < 4.78 is 0. The van der Waals surface area contributed by atoms with E-state index in [0.29, 0.717) is 5.12 Å². The van der Waals surface area contributed by atoms with Crippen LogP contribution in [0.1, 0.15) is 6.92 Å². The molecule has 1 aliphatic heterocycles. The highest BCUT2D eigenvalue weighted by molar-refractivity contribution is 8.50. The van der Waals surface area contributed by atoms with E-state index >= 15 is 0 Å². The van der Waals surface area contributed by atoms with Crippen LogP contribution in [0, 0.1) is 0 Å². The first-order valence-electron chi connectivity index (χ1n) is 4.10. The third-order valence-corrected chi connectivity index (χ3v) is 5.86. The van der Waals surface area contributed by atoms with Crippen molar-refractivity contribution in [2.24, 2.45) is 0 Å². The molecule has 0 aromatic heterocycles. The van der Waals surface area contributed by atoms with Gasteiger partial charge in [0, 0.05) is 6.92 Å². The Labute approximate surface area is 74.1 Å². The lowest BCUT2D eigenvalue weighted by Gasteiger charge is -2.16. The zero-order valence-corrected chi connectivity index (χ0v) is 7.93. The minimum atomic E-state index is -0.966. The van der Waals surface area contributed by atoms with Gasteiger partial charge in [0.25, 0.3) is 0 Å². The molecule has 64 valence electrons. The fourth-order valence-electron chi connectivity index (χ4n) is 1.45. The SMILES string of the molecule is CC(=O)S1(c2ccccc2)CC1. The Morgan fingerprint density at radius 3 is 2.25 bits per heavy atom. The molecule has 1 saturated heterocycles. The smallest absolute Gasteiger partial charge is 0.172 e. The van der Waals surface area contributed by atoms with Gasteiger partial charge in [-0.3, -0.25) is 4.79 Å². The summed E-state index contributed by atoms with van der Waals surface area (Å²) in [5, 5.41) is 0.397. The summed E-state index contributed by atoms with van der Waals surface area (Å²) in [4.78, 5) is 12.6. The second-order valence-electron chi connectivity index (χ2n) is 3.10. The van der Waals surface area contributed by atoms with Crippen LogP contribution in [-0.4, -0.2) is 16.6 Å². The normalized spacial score (nSPS) is 21.4. The summed E-state index contributed by atoms with van der Waals surface area (Å²) in [5.41, 5.74) is 0. The van der Waals surface area contributed by atoms with E-state index in [2.05, 4.69) is 12.1 Å². The summed E-state index contributed by atoms with van der Waals surface area (Å²) in [6, 6.07) is 10.2. The van der Waals surface area contributed by atoms with Gasteiger partial charge in [0.2, 0.25) is 0 Å². The van der Waals surface area contributed by atoms with Crippen molar-refractivity contribution in [3.63, 3.8) is 0 Å². The van der Waals surface area contributed by atoms with Crippen LogP contribution in [0.25, 0.3) is 0 Å². The van der Waals surface area contributed by atoms with Crippen molar-refractivity contribution < 1.29 is 4.79 Å². The van der Waals surface area contributed by atoms with Crippen molar-refractivity contribution in [3.8, 4) is 0 Å². The predicted molar refractivity (Wildman–Crippen MR) is 52.7 cm³/mol. The number of carbonyl (C=O) groups is 1. The highest BCUT2D eigenvalue weighted by Gasteiger charge is 2.42. The third kappa shape index (κ3) is 1.07. The zero-order valence-electron chi connectivity index (χ0n) is 7.12. The van der Waals surface area contributed by atoms with Gasteiger partial charge in [-0.15, -0.1) is 0 Å². The summed E-state index contributed by atoms with van der Waals surface area (Å²) in [5.74, 6) is 2.23. The van der Waals surface area contributed by atoms with E-state index < -0.39 is 10.0 Å². The van der Waals surface area contributed by atoms with Crippen LogP contribution in [0.3, 0.4) is 0 Å². The van der Waals surface area contributed by atoms with Crippen LogP contribution in [0.5, 0.6) is 0 Å². The van der Waals surface area contributed by atoms with Crippen LogP contribution in [0.4, 0.5) is 0 Å². The fourth-order valence-corrected chi connectivity index (χ4v) is 4.18. The van der Waals surface area contributed by atoms with Gasteiger partial charge in [0.1, 0.15) is 0 Å². The van der Waals surface area contributed by atoms with E-state index in [1.165, 1.54) is 4.90 Å². The fraction of sp³-hybridized carbons (Fsp3) is 0.300. The molecule has 1 aliphatic rings. The van der Waals surface area contributed by atoms with Crippen molar-refractivity contribution in [1.82, 2.24) is 0 Å². The van der Waals surface area contributed by atoms with E-state index in [4.69, 9.17) is 0 Å². The summed E-state index contributed by atoms with van der Waals surface area (Å²) in [7, 11) is -0.966. The molecule has 0 spiro atoms. The Bertz CT molecular complexity index is 301. The lowest BCUT2D eigenvalue weighted by Crippen LogP contribution is -1.94. The summed E-state index contributed by atoms with van der Waals surface area (Å²) in [6.45, 7) is 1.73. The Kier molecular flexibility index (Phi) is 1.72. The molecule has 2 heteroatoms. The van der Waals surface area contributed by atoms with Gasteiger partial charge in [0.05, 0.1) is 0 Å². The third-order valence-electron chi connectivity index (χ3n) is 2.36. The van der Waals surface area contributed by atoms with Crippen molar-refractivity contribution in [1.29, 1.82) is 0 Å². The van der Waals surface area contributed by atoms with Crippen molar-refractivity contribution in [2.45, 2.75) is 11.8 Å². The van der Waals surface area contributed by atoms with Gasteiger partial charge in [-0.25, -0.2) is 0 Å². The molecule has 2 rings (SSSR count). The molecule has 0 N–H and O–H groups in total. The van der Waals surface area contributed by atoms with Crippen molar-refractivity contribution in [2.75, 3.05) is 11.5 Å². The van der Waals surface area contributed by atoms with Gasteiger partial charge >= 0.3 is 0 Å². The molecule has 1 aromatic rings. The first kappa shape index (κ1) is 7.87. The van der Waals surface area contributed by atoms with Gasteiger partial charge in [-0.05, 0) is 28.5 Å². The second-order valence-corrected chi connectivity index (χ2v) is 6.73. The Morgan fingerprint density at radius 1 is 1.25 bits per heavy atom. The van der Waals surface area contributed by atoms with Crippen molar-refractivity contribution in [3.05, 3.63) is 30.3 Å². The van der Waals surface area contributed by atoms with E-state index in [-0.39, 0.29) is 0 Å². The van der Waals surface area contributed by atoms with Crippen molar-refractivity contribution >= 4 is 15.1 Å². The lowest BCUT2D eigenvalue weighted by atomic mass is 10.4. The maximum absolute atomic E-state index is 11.4. The van der Waals surface area contributed by atoms with Gasteiger partial charge < -0.3 is 0 Å². The molecule has 0 radical (unpaired) electrons. The maximum atomic E-state index is 11.4. The average Bonchev–Trinajstić information content (AvgIpc) is 2.86. The molecule has 1 heterocycles. The van der Waals surface area contributed by atoms with E-state index in [1.54, 1.807) is 6.92 Å². The summed E-state index contributed by atoms with van der Waals surface area (Å²) >= 11 is 0. The van der Waals surface area contributed by atoms with Gasteiger partial charge in [-0.2, -0.15) is 10.0 Å². The van der Waals surface area contributed by atoms with Gasteiger partial charge in [-0.1, -0.05) is 18.2 Å². The molecule has 0 amide bonds. The molecule has 0 aliphatic carbocycles. The minimum absolute atomic E-state index is 0.397. The molecule has 0 unspecified atom stereocenters. The largest absolute Gasteiger partial charge is 0.289 e. The number of hydrogen-bond donors (Lipinski definition) is 0. The molecule has 1 fully saturated rings. The zero-order chi connectivity index (χ0) is 8.60. The topological polar surface area (TPSA) is 17.1 Å². The predicted octanol–water partition coefficient (Wildman–Crippen LogP) is 2.41. The standard InChI is InChI=1S/C10H12OS/c1-9(11)12(7-8-12)10-5-3-2-4-6-10/h2-6H,7-8H2,1H3. The highest BCUT2D eigenvalue weighted by Crippen LogP contribution is 2.67. The number of carbonyl (C=O) groups excluding carboxylic acids is 1. The van der Waals surface area contributed by atoms with Crippen LogP contribution in [0.2, 0.25) is 0 Å². The van der Waals surface area contributed by atoms with E-state index in [0.717, 1.165) is 11.5 Å². The quantitative estimate of drug-likeness (QED) is 0.606. The Morgan fingerprint density at radius 2 is 1.83 bits per heavy atom. The van der Waals surface area contributed by atoms with Crippen LogP contribution in [0.15, 0.2) is 35.2 Å². The van der Waals surface area contributed by atoms with Crippen LogP contribution in [-0.2, 0) is 4.79 Å². The molecule has 0 atom stereocenters. The monoisotopic (exact) mass is 180 g/mol. The Balaban J connectivity index is 2.37. The maximum Gasteiger partial charge on any atom is 0.172 e. The lowest BCUT2D eigenvalue weighted by molar-refractivity contribution is -0.109. The minimum Gasteiger partial charge on any atom is -0.289 e. The highest BCUT2D eigenvalue weighted by atomic mass is 32.3. The molecular weight excluding hydrogens is 168 g/mol. The molecule has 1 aromatic carbocycles. The van der Waals surface area contributed by atoms with Gasteiger partial charge in [0.15, 0.2) is 5.12 Å². The average molecular weight is 180 g/mol. The molecule has 12 heavy (non-hydrogen) atoms. The summed E-state index contributed by atoms with van der Waals surface area (Å²) in [6.07, 6.45) is 0. The molecule has 0 saturated carbocycles. The Hall–Kier alpha value is -0.760. The number of rotatable bonds is 1. The first-order valence-corrected chi connectivity index (χ1v) is 6.07. The molecule has 1 nitrogen and oxygen atoms in total. The molecule has 0 bridgehead atoms. The molecular formula is C10H12OS. The first-order chi connectivity index (χ1) is 5.76. The number of hydrogen-bond acceptors (Lipinski definition) is 1. The second kappa shape index (κ2) is 2.63. The van der Waals surface area contributed by atoms with Crippen LogP contribution < -0.4 is 0 Å².